The number of aromatic nitrogens is 2. The minimum absolute atomic E-state index is 0.253. The lowest BCUT2D eigenvalue weighted by Crippen LogP contribution is -2.00. The van der Waals surface area contributed by atoms with Gasteiger partial charge in [-0.1, -0.05) is 6.07 Å². The van der Waals surface area contributed by atoms with Crippen molar-refractivity contribution < 1.29 is 14.3 Å². The molecule has 2 rings (SSSR count). The van der Waals surface area contributed by atoms with Crippen LogP contribution in [-0.2, 0) is 11.3 Å². The van der Waals surface area contributed by atoms with Gasteiger partial charge in [0, 0.05) is 17.8 Å². The molecular formula is C14H13FN2O2. The summed E-state index contributed by atoms with van der Waals surface area (Å²) >= 11 is 0. The van der Waals surface area contributed by atoms with Gasteiger partial charge in [-0.15, -0.1) is 0 Å². The van der Waals surface area contributed by atoms with Crippen molar-refractivity contribution in [1.29, 1.82) is 0 Å². The number of carbonyl (C=O) groups is 1. The van der Waals surface area contributed by atoms with E-state index in [1.807, 2.05) is 13.1 Å². The Labute approximate surface area is 109 Å². The zero-order valence-electron chi connectivity index (χ0n) is 10.4. The molecule has 0 spiro atoms. The maximum Gasteiger partial charge on any atom is 0.328 e. The minimum atomic E-state index is -1.10. The molecule has 1 aromatic carbocycles. The van der Waals surface area contributed by atoms with Crippen molar-refractivity contribution in [2.24, 2.45) is 0 Å². The fourth-order valence-corrected chi connectivity index (χ4v) is 1.72. The molecule has 0 atom stereocenters. The minimum Gasteiger partial charge on any atom is -0.478 e. The van der Waals surface area contributed by atoms with E-state index in [0.29, 0.717) is 6.54 Å². The van der Waals surface area contributed by atoms with E-state index in [1.165, 1.54) is 12.1 Å². The summed E-state index contributed by atoms with van der Waals surface area (Å²) in [5.41, 5.74) is 2.16. The Morgan fingerprint density at radius 3 is 2.95 bits per heavy atom. The van der Waals surface area contributed by atoms with Crippen LogP contribution >= 0.6 is 0 Å². The van der Waals surface area contributed by atoms with Crippen LogP contribution in [0.1, 0.15) is 16.7 Å². The third-order valence-electron chi connectivity index (χ3n) is 2.57. The van der Waals surface area contributed by atoms with Crippen LogP contribution in [0.5, 0.6) is 0 Å². The number of aliphatic carboxylic acids is 1. The van der Waals surface area contributed by atoms with Crippen molar-refractivity contribution in [1.82, 2.24) is 9.78 Å². The Kier molecular flexibility index (Phi) is 3.75. The average Bonchev–Trinajstić information content (AvgIpc) is 2.75. The number of halogens is 1. The summed E-state index contributed by atoms with van der Waals surface area (Å²) in [6, 6.07) is 4.60. The Bertz CT molecular complexity index is 632. The first-order valence-electron chi connectivity index (χ1n) is 5.73. The fourth-order valence-electron chi connectivity index (χ4n) is 1.72. The van der Waals surface area contributed by atoms with Gasteiger partial charge in [0.2, 0.25) is 0 Å². The summed E-state index contributed by atoms with van der Waals surface area (Å²) in [5, 5.41) is 12.7. The highest BCUT2D eigenvalue weighted by Gasteiger charge is 2.03. The largest absolute Gasteiger partial charge is 0.478 e. The van der Waals surface area contributed by atoms with Crippen LogP contribution in [0.25, 0.3) is 6.08 Å². The first kappa shape index (κ1) is 13.0. The topological polar surface area (TPSA) is 55.1 Å². The maximum atomic E-state index is 13.5. The SMILES string of the molecule is Cc1cnn(Cc2ccc(F)c(/C=C/C(=O)O)c2)c1. The Balaban J connectivity index is 2.23. The summed E-state index contributed by atoms with van der Waals surface area (Å²) in [5.74, 6) is -1.55. The number of hydrogen-bond donors (Lipinski definition) is 1. The third kappa shape index (κ3) is 3.51. The molecule has 98 valence electrons. The van der Waals surface area contributed by atoms with E-state index >= 15 is 0 Å². The molecular weight excluding hydrogens is 247 g/mol. The lowest BCUT2D eigenvalue weighted by atomic mass is 10.1. The predicted octanol–water partition coefficient (Wildman–Crippen LogP) is 2.48. The van der Waals surface area contributed by atoms with Crippen molar-refractivity contribution >= 4 is 12.0 Å². The van der Waals surface area contributed by atoms with Crippen LogP contribution in [0.3, 0.4) is 0 Å². The molecule has 0 saturated heterocycles. The molecule has 0 bridgehead atoms. The molecule has 19 heavy (non-hydrogen) atoms. The lowest BCUT2D eigenvalue weighted by Gasteiger charge is -2.04. The van der Waals surface area contributed by atoms with Crippen LogP contribution in [0.15, 0.2) is 36.7 Å². The highest BCUT2D eigenvalue weighted by Crippen LogP contribution is 2.13. The van der Waals surface area contributed by atoms with Gasteiger partial charge in [-0.3, -0.25) is 4.68 Å². The molecule has 4 nitrogen and oxygen atoms in total. The molecule has 1 heterocycles. The third-order valence-corrected chi connectivity index (χ3v) is 2.57. The quantitative estimate of drug-likeness (QED) is 0.859. The van der Waals surface area contributed by atoms with Crippen LogP contribution < -0.4 is 0 Å². The molecule has 5 heteroatoms. The van der Waals surface area contributed by atoms with E-state index in [1.54, 1.807) is 23.0 Å². The van der Waals surface area contributed by atoms with Gasteiger partial charge in [-0.2, -0.15) is 5.10 Å². The first-order valence-corrected chi connectivity index (χ1v) is 5.73. The van der Waals surface area contributed by atoms with E-state index in [-0.39, 0.29) is 5.56 Å². The van der Waals surface area contributed by atoms with E-state index in [0.717, 1.165) is 17.2 Å². The zero-order chi connectivity index (χ0) is 13.8. The molecule has 0 aliphatic carbocycles. The molecule has 2 aromatic rings. The Morgan fingerprint density at radius 1 is 1.53 bits per heavy atom. The van der Waals surface area contributed by atoms with E-state index in [4.69, 9.17) is 5.11 Å². The number of carboxylic acid groups (broad SMARTS) is 1. The zero-order valence-corrected chi connectivity index (χ0v) is 10.4. The van der Waals surface area contributed by atoms with E-state index < -0.39 is 11.8 Å². The van der Waals surface area contributed by atoms with Crippen LogP contribution in [0.2, 0.25) is 0 Å². The molecule has 0 radical (unpaired) electrons. The molecule has 0 amide bonds. The summed E-state index contributed by atoms with van der Waals surface area (Å²) in [6.45, 7) is 2.46. The predicted molar refractivity (Wildman–Crippen MR) is 69.1 cm³/mol. The number of aryl methyl sites for hydroxylation is 1. The Morgan fingerprint density at radius 2 is 2.32 bits per heavy atom. The highest BCUT2D eigenvalue weighted by atomic mass is 19.1. The maximum absolute atomic E-state index is 13.5. The van der Waals surface area contributed by atoms with Gasteiger partial charge in [0.1, 0.15) is 5.82 Å². The first-order chi connectivity index (χ1) is 9.04. The second kappa shape index (κ2) is 5.48. The number of benzene rings is 1. The highest BCUT2D eigenvalue weighted by molar-refractivity contribution is 5.85. The van der Waals surface area contributed by atoms with Crippen molar-refractivity contribution in [3.05, 3.63) is 59.2 Å². The molecule has 0 saturated carbocycles. The number of nitrogens with zero attached hydrogens (tertiary/aromatic N) is 2. The molecule has 1 N–H and O–H groups in total. The second-order valence-corrected chi connectivity index (χ2v) is 4.24. The van der Waals surface area contributed by atoms with Crippen LogP contribution in [-0.4, -0.2) is 20.9 Å². The Hall–Kier alpha value is -2.43. The molecule has 0 unspecified atom stereocenters. The summed E-state index contributed by atoms with van der Waals surface area (Å²) in [6.07, 6.45) is 5.79. The number of hydrogen-bond acceptors (Lipinski definition) is 2. The monoisotopic (exact) mass is 260 g/mol. The summed E-state index contributed by atoms with van der Waals surface area (Å²) in [4.78, 5) is 10.4. The van der Waals surface area contributed by atoms with Crippen molar-refractivity contribution in [2.45, 2.75) is 13.5 Å². The van der Waals surface area contributed by atoms with Crippen molar-refractivity contribution in [2.75, 3.05) is 0 Å². The van der Waals surface area contributed by atoms with Crippen molar-refractivity contribution in [3.63, 3.8) is 0 Å². The fraction of sp³-hybridized carbons (Fsp3) is 0.143. The lowest BCUT2D eigenvalue weighted by molar-refractivity contribution is -0.131. The summed E-state index contributed by atoms with van der Waals surface area (Å²) in [7, 11) is 0. The van der Waals surface area contributed by atoms with Crippen LogP contribution in [0.4, 0.5) is 4.39 Å². The van der Waals surface area contributed by atoms with Gasteiger partial charge >= 0.3 is 5.97 Å². The molecule has 0 aliphatic heterocycles. The number of rotatable bonds is 4. The van der Waals surface area contributed by atoms with Gasteiger partial charge in [0.25, 0.3) is 0 Å². The molecule has 0 aliphatic rings. The standard InChI is InChI=1S/C14H13FN2O2/c1-10-7-16-17(8-10)9-11-2-4-13(15)12(6-11)3-5-14(18)19/h2-8H,9H2,1H3,(H,18,19)/b5-3+. The normalized spacial score (nSPS) is 11.1. The molecule has 1 aromatic heterocycles. The average molecular weight is 260 g/mol. The van der Waals surface area contributed by atoms with Gasteiger partial charge in [0.05, 0.1) is 12.7 Å². The van der Waals surface area contributed by atoms with Gasteiger partial charge < -0.3 is 5.11 Å². The van der Waals surface area contributed by atoms with Gasteiger partial charge in [-0.25, -0.2) is 9.18 Å². The van der Waals surface area contributed by atoms with E-state index in [9.17, 15) is 9.18 Å². The second-order valence-electron chi connectivity index (χ2n) is 4.24. The number of carboxylic acids is 1. The van der Waals surface area contributed by atoms with Gasteiger partial charge in [-0.05, 0) is 36.3 Å². The van der Waals surface area contributed by atoms with Gasteiger partial charge in [0.15, 0.2) is 0 Å². The smallest absolute Gasteiger partial charge is 0.328 e. The summed E-state index contributed by atoms with van der Waals surface area (Å²) < 4.78 is 15.2. The van der Waals surface area contributed by atoms with Crippen molar-refractivity contribution in [3.8, 4) is 0 Å². The van der Waals surface area contributed by atoms with Crippen LogP contribution in [0, 0.1) is 12.7 Å². The molecule has 0 fully saturated rings. The van der Waals surface area contributed by atoms with E-state index in [2.05, 4.69) is 5.10 Å².